The van der Waals surface area contributed by atoms with Crippen LogP contribution in [0.25, 0.3) is 0 Å². The van der Waals surface area contributed by atoms with Gasteiger partial charge in [0, 0.05) is 19.3 Å². The lowest BCUT2D eigenvalue weighted by atomic mass is 10.2. The minimum Gasteiger partial charge on any atom is -0.352 e. The maximum atomic E-state index is 13.9. The van der Waals surface area contributed by atoms with Gasteiger partial charge in [0.1, 0.15) is 5.82 Å². The number of nitrogens with two attached hydrogens (primary N) is 1. The van der Waals surface area contributed by atoms with Gasteiger partial charge in [-0.05, 0) is 24.6 Å². The molecule has 0 fully saturated rings. The van der Waals surface area contributed by atoms with Crippen LogP contribution >= 0.6 is 0 Å². The topological polar surface area (TPSA) is 89.2 Å². The fourth-order valence-corrected chi connectivity index (χ4v) is 1.86. The molecule has 4 N–H and O–H groups in total. The molecule has 0 atom stereocenters. The number of carbonyl (C=O) groups is 1. The van der Waals surface area contributed by atoms with Crippen molar-refractivity contribution in [3.05, 3.63) is 57.8 Å². The Bertz CT molecular complexity index is 755. The third-order valence-electron chi connectivity index (χ3n) is 3.00. The Morgan fingerprint density at radius 2 is 2.00 bits per heavy atom. The van der Waals surface area contributed by atoms with Gasteiger partial charge in [-0.3, -0.25) is 15.0 Å². The lowest BCUT2D eigenvalue weighted by molar-refractivity contribution is 0.0953. The first-order valence-electron chi connectivity index (χ1n) is 6.17. The van der Waals surface area contributed by atoms with Gasteiger partial charge in [-0.15, -0.1) is 0 Å². The van der Waals surface area contributed by atoms with Crippen molar-refractivity contribution in [3.63, 3.8) is 0 Å². The molecule has 1 heterocycles. The molecule has 6 nitrogen and oxygen atoms in total. The number of benzene rings is 1. The van der Waals surface area contributed by atoms with Crippen LogP contribution in [0.4, 0.5) is 15.8 Å². The molecule has 21 heavy (non-hydrogen) atoms. The Balaban J connectivity index is 2.50. The van der Waals surface area contributed by atoms with Gasteiger partial charge in [0.05, 0.1) is 16.9 Å². The summed E-state index contributed by atoms with van der Waals surface area (Å²) in [5.74, 6) is 4.06. The molecule has 0 aliphatic rings. The lowest BCUT2D eigenvalue weighted by Crippen LogP contribution is -2.32. The summed E-state index contributed by atoms with van der Waals surface area (Å²) in [6.07, 6.45) is 1.33. The van der Waals surface area contributed by atoms with Crippen molar-refractivity contribution in [3.8, 4) is 0 Å². The smallest absolute Gasteiger partial charge is 0.268 e. The van der Waals surface area contributed by atoms with E-state index in [9.17, 15) is 14.0 Å². The van der Waals surface area contributed by atoms with Crippen LogP contribution in [-0.4, -0.2) is 10.5 Å². The first-order valence-corrected chi connectivity index (χ1v) is 6.17. The second-order valence-corrected chi connectivity index (χ2v) is 4.63. The molecule has 2 rings (SSSR count). The number of halogens is 1. The summed E-state index contributed by atoms with van der Waals surface area (Å²) in [5, 5.41) is 2.75. The van der Waals surface area contributed by atoms with E-state index >= 15 is 0 Å². The molecular formula is C14H15FN4O2. The molecule has 1 amide bonds. The first-order chi connectivity index (χ1) is 9.92. The van der Waals surface area contributed by atoms with E-state index in [1.54, 1.807) is 13.0 Å². The minimum atomic E-state index is -0.583. The Kier molecular flexibility index (Phi) is 4.04. The average molecular weight is 290 g/mol. The summed E-state index contributed by atoms with van der Waals surface area (Å²) in [5.41, 5.74) is 2.91. The van der Waals surface area contributed by atoms with Crippen molar-refractivity contribution < 1.29 is 9.18 Å². The molecule has 1 aromatic carbocycles. The fraction of sp³-hybridized carbons (Fsp3) is 0.143. The number of aromatic nitrogens is 1. The second-order valence-electron chi connectivity index (χ2n) is 4.63. The highest BCUT2D eigenvalue weighted by molar-refractivity contribution is 5.99. The number of hydrogen-bond acceptors (Lipinski definition) is 4. The van der Waals surface area contributed by atoms with Crippen LogP contribution in [-0.2, 0) is 7.05 Å². The maximum absolute atomic E-state index is 13.9. The number of amides is 1. The summed E-state index contributed by atoms with van der Waals surface area (Å²) < 4.78 is 15.1. The van der Waals surface area contributed by atoms with E-state index in [1.807, 2.05) is 5.43 Å². The predicted molar refractivity (Wildman–Crippen MR) is 77.8 cm³/mol. The highest BCUT2D eigenvalue weighted by Gasteiger charge is 2.14. The standard InChI is InChI=1S/C14H15FN4O2/c1-8-3-4-11(10(15)5-8)17-12-6-13(20)19(2)7-9(12)14(21)18-16/h3-7,17H,16H2,1-2H3,(H,18,21). The normalized spacial score (nSPS) is 10.3. The van der Waals surface area contributed by atoms with Crippen molar-refractivity contribution in [2.75, 3.05) is 5.32 Å². The Hall–Kier alpha value is -2.67. The van der Waals surface area contributed by atoms with Crippen molar-refractivity contribution in [1.29, 1.82) is 0 Å². The number of aryl methyl sites for hydroxylation is 2. The number of pyridine rings is 1. The minimum absolute atomic E-state index is 0.138. The number of rotatable bonds is 3. The van der Waals surface area contributed by atoms with Crippen LogP contribution in [0.1, 0.15) is 15.9 Å². The van der Waals surface area contributed by atoms with E-state index in [2.05, 4.69) is 5.32 Å². The van der Waals surface area contributed by atoms with Gasteiger partial charge in [0.2, 0.25) is 0 Å². The molecule has 0 saturated carbocycles. The van der Waals surface area contributed by atoms with Gasteiger partial charge in [-0.25, -0.2) is 10.2 Å². The van der Waals surface area contributed by atoms with Crippen molar-refractivity contribution >= 4 is 17.3 Å². The maximum Gasteiger partial charge on any atom is 0.268 e. The highest BCUT2D eigenvalue weighted by Crippen LogP contribution is 2.22. The second kappa shape index (κ2) is 5.76. The molecule has 0 bridgehead atoms. The number of carbonyl (C=O) groups excluding carboxylic acids is 1. The van der Waals surface area contributed by atoms with Crippen LogP contribution in [0.5, 0.6) is 0 Å². The highest BCUT2D eigenvalue weighted by atomic mass is 19.1. The van der Waals surface area contributed by atoms with Gasteiger partial charge in [-0.2, -0.15) is 0 Å². The number of nitrogens with zero attached hydrogens (tertiary/aromatic N) is 1. The largest absolute Gasteiger partial charge is 0.352 e. The zero-order valence-electron chi connectivity index (χ0n) is 11.6. The summed E-state index contributed by atoms with van der Waals surface area (Å²) in [4.78, 5) is 23.4. The zero-order valence-corrected chi connectivity index (χ0v) is 11.6. The van der Waals surface area contributed by atoms with Crippen molar-refractivity contribution in [2.24, 2.45) is 12.9 Å². The molecule has 110 valence electrons. The molecule has 2 aromatic rings. The monoisotopic (exact) mass is 290 g/mol. The van der Waals surface area contributed by atoms with E-state index < -0.39 is 11.7 Å². The molecule has 0 unspecified atom stereocenters. The van der Waals surface area contributed by atoms with E-state index in [0.29, 0.717) is 0 Å². The summed E-state index contributed by atoms with van der Waals surface area (Å²) in [7, 11) is 1.51. The number of nitrogen functional groups attached to an aromatic ring is 1. The number of hydrogen-bond donors (Lipinski definition) is 3. The first kappa shape index (κ1) is 14.7. The Morgan fingerprint density at radius 1 is 1.29 bits per heavy atom. The third kappa shape index (κ3) is 3.09. The molecule has 1 aromatic heterocycles. The summed E-state index contributed by atoms with van der Waals surface area (Å²) >= 11 is 0. The Labute approximate surface area is 120 Å². The quantitative estimate of drug-likeness (QED) is 0.450. The summed E-state index contributed by atoms with van der Waals surface area (Å²) in [6, 6.07) is 5.82. The molecule has 0 radical (unpaired) electrons. The molecule has 0 aliphatic carbocycles. The van der Waals surface area contributed by atoms with Crippen LogP contribution in [0.2, 0.25) is 0 Å². The Morgan fingerprint density at radius 3 is 2.62 bits per heavy atom. The average Bonchev–Trinajstić information content (AvgIpc) is 2.44. The van der Waals surface area contributed by atoms with Gasteiger partial charge < -0.3 is 9.88 Å². The number of hydrazine groups is 1. The van der Waals surface area contributed by atoms with Crippen LogP contribution in [0.15, 0.2) is 35.3 Å². The molecule has 0 saturated heterocycles. The molecule has 0 aliphatic heterocycles. The van der Waals surface area contributed by atoms with Crippen molar-refractivity contribution in [1.82, 2.24) is 9.99 Å². The van der Waals surface area contributed by atoms with E-state index in [4.69, 9.17) is 5.84 Å². The van der Waals surface area contributed by atoms with Crippen molar-refractivity contribution in [2.45, 2.75) is 6.92 Å². The molecular weight excluding hydrogens is 275 g/mol. The van der Waals surface area contributed by atoms with E-state index in [-0.39, 0.29) is 22.5 Å². The predicted octanol–water partition coefficient (Wildman–Crippen LogP) is 1.18. The lowest BCUT2D eigenvalue weighted by Gasteiger charge is -2.13. The van der Waals surface area contributed by atoms with Gasteiger partial charge in [0.15, 0.2) is 0 Å². The van der Waals surface area contributed by atoms with E-state index in [1.165, 1.54) is 36.0 Å². The van der Waals surface area contributed by atoms with Gasteiger partial charge in [-0.1, -0.05) is 6.07 Å². The molecule has 0 spiro atoms. The van der Waals surface area contributed by atoms with Crippen LogP contribution in [0.3, 0.4) is 0 Å². The summed E-state index contributed by atoms with van der Waals surface area (Å²) in [6.45, 7) is 1.76. The van der Waals surface area contributed by atoms with Crippen LogP contribution < -0.4 is 22.1 Å². The third-order valence-corrected chi connectivity index (χ3v) is 3.00. The van der Waals surface area contributed by atoms with Gasteiger partial charge >= 0.3 is 0 Å². The van der Waals surface area contributed by atoms with Gasteiger partial charge in [0.25, 0.3) is 11.5 Å². The van der Waals surface area contributed by atoms with E-state index in [0.717, 1.165) is 5.56 Å². The van der Waals surface area contributed by atoms with Crippen LogP contribution in [0, 0.1) is 12.7 Å². The SMILES string of the molecule is Cc1ccc(Nc2cc(=O)n(C)cc2C(=O)NN)c(F)c1. The fourth-order valence-electron chi connectivity index (χ4n) is 1.86. The zero-order chi connectivity index (χ0) is 15.6. The number of anilines is 2. The number of nitrogens with one attached hydrogen (secondary N) is 2. The molecule has 7 heteroatoms.